The molecular weight excluding hydrogens is 452 g/mol. The fourth-order valence-electron chi connectivity index (χ4n) is 4.70. The van der Waals surface area contributed by atoms with Gasteiger partial charge in [0.25, 0.3) is 0 Å². The molecule has 2 atom stereocenters. The highest BCUT2D eigenvalue weighted by atomic mass is 16.5. The monoisotopic (exact) mass is 486 g/mol. The molecular formula is C29H34N4O3. The van der Waals surface area contributed by atoms with Crippen LogP contribution >= 0.6 is 0 Å². The molecule has 36 heavy (non-hydrogen) atoms. The summed E-state index contributed by atoms with van der Waals surface area (Å²) in [7, 11) is 1.56. The fraction of sp³-hybridized carbons (Fsp3) is 0.310. The van der Waals surface area contributed by atoms with Gasteiger partial charge in [0.15, 0.2) is 0 Å². The normalized spacial score (nSPS) is 15.2. The predicted octanol–water partition coefficient (Wildman–Crippen LogP) is 5.93. The number of ether oxygens (including phenoxy) is 1. The van der Waals surface area contributed by atoms with Gasteiger partial charge in [0.05, 0.1) is 24.9 Å². The van der Waals surface area contributed by atoms with Gasteiger partial charge in [0, 0.05) is 6.04 Å². The molecule has 7 heteroatoms. The van der Waals surface area contributed by atoms with Gasteiger partial charge in [0.1, 0.15) is 5.75 Å². The first kappa shape index (κ1) is 25.1. The molecule has 3 aromatic rings. The third kappa shape index (κ3) is 6.78. The summed E-state index contributed by atoms with van der Waals surface area (Å²) in [5, 5.41) is 12.3. The molecule has 2 unspecified atom stereocenters. The van der Waals surface area contributed by atoms with Crippen molar-refractivity contribution in [2.75, 3.05) is 12.4 Å². The van der Waals surface area contributed by atoms with E-state index in [0.717, 1.165) is 36.8 Å². The standard InChI is InChI=1S/C29H34N4O3/c1-36-25-20-12-11-19-24(25)31-29(35)33-27(22-15-7-3-8-16-22)26(21-13-5-2-6-14-21)32-28(34)30-23-17-9-4-10-18-23/h2-3,5-8,11-16,19-20,23,26-27H,4,9-10,17-18H2,1H3,(H2,30,32,34)(H2,31,33,35). The van der Waals surface area contributed by atoms with Crippen LogP contribution in [0.2, 0.25) is 0 Å². The Morgan fingerprint density at radius 3 is 1.83 bits per heavy atom. The lowest BCUT2D eigenvalue weighted by atomic mass is 9.93. The van der Waals surface area contributed by atoms with Crippen molar-refractivity contribution in [3.8, 4) is 5.75 Å². The van der Waals surface area contributed by atoms with Gasteiger partial charge < -0.3 is 26.0 Å². The molecule has 4 amide bonds. The summed E-state index contributed by atoms with van der Waals surface area (Å²) in [5.74, 6) is 0.563. The van der Waals surface area contributed by atoms with Gasteiger partial charge in [-0.1, -0.05) is 92.1 Å². The van der Waals surface area contributed by atoms with E-state index >= 15 is 0 Å². The van der Waals surface area contributed by atoms with Crippen molar-refractivity contribution in [3.63, 3.8) is 0 Å². The van der Waals surface area contributed by atoms with Crippen molar-refractivity contribution in [2.24, 2.45) is 0 Å². The van der Waals surface area contributed by atoms with E-state index in [9.17, 15) is 9.59 Å². The first-order valence-electron chi connectivity index (χ1n) is 12.5. The maximum absolute atomic E-state index is 13.2. The van der Waals surface area contributed by atoms with Gasteiger partial charge in [-0.3, -0.25) is 0 Å². The largest absolute Gasteiger partial charge is 0.495 e. The average Bonchev–Trinajstić information content (AvgIpc) is 2.92. The summed E-state index contributed by atoms with van der Waals surface area (Å²) in [4.78, 5) is 26.3. The summed E-state index contributed by atoms with van der Waals surface area (Å²) < 4.78 is 5.37. The number of benzene rings is 3. The van der Waals surface area contributed by atoms with Crippen LogP contribution in [0.1, 0.15) is 55.3 Å². The third-order valence-corrected chi connectivity index (χ3v) is 6.52. The van der Waals surface area contributed by atoms with E-state index in [1.165, 1.54) is 6.42 Å². The Morgan fingerprint density at radius 2 is 1.25 bits per heavy atom. The molecule has 0 aromatic heterocycles. The Morgan fingerprint density at radius 1 is 0.722 bits per heavy atom. The van der Waals surface area contributed by atoms with Crippen LogP contribution in [0.3, 0.4) is 0 Å². The molecule has 7 nitrogen and oxygen atoms in total. The number of carbonyl (C=O) groups excluding carboxylic acids is 2. The summed E-state index contributed by atoms with van der Waals surface area (Å²) in [6, 6.07) is 25.1. The molecule has 0 bridgehead atoms. The maximum Gasteiger partial charge on any atom is 0.319 e. The summed E-state index contributed by atoms with van der Waals surface area (Å²) in [5.41, 5.74) is 2.32. The quantitative estimate of drug-likeness (QED) is 0.318. The topological polar surface area (TPSA) is 91.5 Å². The smallest absolute Gasteiger partial charge is 0.319 e. The SMILES string of the molecule is COc1ccccc1NC(=O)NC(c1ccccc1)C(NC(=O)NC1CCCCC1)c1ccccc1. The van der Waals surface area contributed by atoms with Gasteiger partial charge in [-0.05, 0) is 36.1 Å². The summed E-state index contributed by atoms with van der Waals surface area (Å²) >= 11 is 0. The van der Waals surface area contributed by atoms with Gasteiger partial charge in [-0.25, -0.2) is 9.59 Å². The maximum atomic E-state index is 13.2. The third-order valence-electron chi connectivity index (χ3n) is 6.52. The van der Waals surface area contributed by atoms with Crippen LogP contribution in [0.15, 0.2) is 84.9 Å². The van der Waals surface area contributed by atoms with Gasteiger partial charge in [0.2, 0.25) is 0 Å². The molecule has 4 N–H and O–H groups in total. The summed E-state index contributed by atoms with van der Waals surface area (Å²) in [6.45, 7) is 0. The fourth-order valence-corrected chi connectivity index (χ4v) is 4.70. The number of rotatable bonds is 8. The lowest BCUT2D eigenvalue weighted by molar-refractivity contribution is 0.222. The zero-order chi connectivity index (χ0) is 25.2. The minimum absolute atomic E-state index is 0.173. The van der Waals surface area contributed by atoms with E-state index < -0.39 is 18.1 Å². The van der Waals surface area contributed by atoms with E-state index in [1.807, 2.05) is 72.8 Å². The number of methoxy groups -OCH3 is 1. The van der Waals surface area contributed by atoms with Crippen LogP contribution < -0.4 is 26.0 Å². The summed E-state index contributed by atoms with van der Waals surface area (Å²) in [6.07, 6.45) is 5.46. The lowest BCUT2D eigenvalue weighted by Crippen LogP contribution is -2.48. The number of anilines is 1. The van der Waals surface area contributed by atoms with Gasteiger partial charge in [-0.15, -0.1) is 0 Å². The van der Waals surface area contributed by atoms with Crippen LogP contribution in [-0.2, 0) is 0 Å². The molecule has 0 aliphatic heterocycles. The zero-order valence-corrected chi connectivity index (χ0v) is 20.6. The van der Waals surface area contributed by atoms with Crippen LogP contribution in [0.4, 0.5) is 15.3 Å². The molecule has 0 saturated heterocycles. The van der Waals surface area contributed by atoms with E-state index in [0.29, 0.717) is 11.4 Å². The first-order chi connectivity index (χ1) is 17.6. The van der Waals surface area contributed by atoms with Crippen molar-refractivity contribution in [3.05, 3.63) is 96.1 Å². The molecule has 0 heterocycles. The van der Waals surface area contributed by atoms with E-state index in [2.05, 4.69) is 21.3 Å². The van der Waals surface area contributed by atoms with Gasteiger partial charge >= 0.3 is 12.1 Å². The van der Waals surface area contributed by atoms with E-state index in [1.54, 1.807) is 19.2 Å². The number of para-hydroxylation sites is 2. The number of nitrogens with one attached hydrogen (secondary N) is 4. The molecule has 3 aromatic carbocycles. The van der Waals surface area contributed by atoms with Crippen molar-refractivity contribution >= 4 is 17.7 Å². The second kappa shape index (κ2) is 12.6. The Bertz CT molecular complexity index is 1120. The first-order valence-corrected chi connectivity index (χ1v) is 12.5. The highest BCUT2D eigenvalue weighted by molar-refractivity contribution is 5.91. The molecule has 1 aliphatic carbocycles. The average molecular weight is 487 g/mol. The van der Waals surface area contributed by atoms with E-state index in [4.69, 9.17) is 4.74 Å². The van der Waals surface area contributed by atoms with Crippen molar-refractivity contribution in [2.45, 2.75) is 50.2 Å². The van der Waals surface area contributed by atoms with E-state index in [-0.39, 0.29) is 12.1 Å². The minimum Gasteiger partial charge on any atom is -0.495 e. The number of amides is 4. The number of carbonyl (C=O) groups is 2. The van der Waals surface area contributed by atoms with Gasteiger partial charge in [-0.2, -0.15) is 0 Å². The number of hydrogen-bond acceptors (Lipinski definition) is 3. The second-order valence-electron chi connectivity index (χ2n) is 9.03. The number of urea groups is 2. The Balaban J connectivity index is 1.59. The predicted molar refractivity (Wildman–Crippen MR) is 142 cm³/mol. The molecule has 4 rings (SSSR count). The Kier molecular flexibility index (Phi) is 8.81. The molecule has 1 saturated carbocycles. The molecule has 0 spiro atoms. The molecule has 1 aliphatic rings. The van der Waals surface area contributed by atoms with Crippen LogP contribution in [0.25, 0.3) is 0 Å². The minimum atomic E-state index is -0.527. The molecule has 1 fully saturated rings. The highest BCUT2D eigenvalue weighted by Crippen LogP contribution is 2.30. The Hall–Kier alpha value is -4.00. The van der Waals surface area contributed by atoms with Crippen molar-refractivity contribution in [1.29, 1.82) is 0 Å². The number of hydrogen-bond donors (Lipinski definition) is 4. The van der Waals surface area contributed by atoms with Crippen molar-refractivity contribution < 1.29 is 14.3 Å². The van der Waals surface area contributed by atoms with Crippen LogP contribution in [0.5, 0.6) is 5.75 Å². The lowest BCUT2D eigenvalue weighted by Gasteiger charge is -2.31. The zero-order valence-electron chi connectivity index (χ0n) is 20.6. The molecule has 188 valence electrons. The second-order valence-corrected chi connectivity index (χ2v) is 9.03. The Labute approximate surface area is 212 Å². The highest BCUT2D eigenvalue weighted by Gasteiger charge is 2.29. The van der Waals surface area contributed by atoms with Crippen molar-refractivity contribution in [1.82, 2.24) is 16.0 Å². The molecule has 0 radical (unpaired) electrons. The van der Waals surface area contributed by atoms with Crippen LogP contribution in [-0.4, -0.2) is 25.2 Å². The van der Waals surface area contributed by atoms with Crippen LogP contribution in [0, 0.1) is 0 Å².